The Morgan fingerprint density at radius 2 is 0.600 bits per heavy atom. The summed E-state index contributed by atoms with van der Waals surface area (Å²) in [5, 5.41) is 0. The van der Waals surface area contributed by atoms with Gasteiger partial charge >= 0.3 is 17.9 Å². The molecule has 0 aliphatic carbocycles. The molecular formula is C59H102O6. The second kappa shape index (κ2) is 53.5. The Morgan fingerprint density at radius 3 is 0.985 bits per heavy atom. The maximum absolute atomic E-state index is 12.8. The lowest BCUT2D eigenvalue weighted by molar-refractivity contribution is -0.167. The van der Waals surface area contributed by atoms with Crippen molar-refractivity contribution in [1.29, 1.82) is 0 Å². The molecule has 0 fully saturated rings. The maximum Gasteiger partial charge on any atom is 0.306 e. The van der Waals surface area contributed by atoms with Crippen molar-refractivity contribution in [2.24, 2.45) is 0 Å². The third-order valence-corrected chi connectivity index (χ3v) is 11.7. The van der Waals surface area contributed by atoms with Crippen LogP contribution in [0.25, 0.3) is 0 Å². The fraction of sp³-hybridized carbons (Fsp3) is 0.746. The highest BCUT2D eigenvalue weighted by Crippen LogP contribution is 2.14. The molecule has 0 saturated heterocycles. The molecule has 0 aromatic heterocycles. The summed E-state index contributed by atoms with van der Waals surface area (Å²) < 4.78 is 16.8. The van der Waals surface area contributed by atoms with Crippen LogP contribution in [0.5, 0.6) is 0 Å². The summed E-state index contributed by atoms with van der Waals surface area (Å²) in [4.78, 5) is 38.1. The van der Waals surface area contributed by atoms with Gasteiger partial charge in [0.05, 0.1) is 0 Å². The fourth-order valence-corrected chi connectivity index (χ4v) is 7.54. The summed E-state index contributed by atoms with van der Waals surface area (Å²) in [5.74, 6) is -0.946. The van der Waals surface area contributed by atoms with Gasteiger partial charge in [-0.1, -0.05) is 209 Å². The van der Waals surface area contributed by atoms with Gasteiger partial charge in [-0.2, -0.15) is 0 Å². The minimum absolute atomic E-state index is 0.0966. The third-order valence-electron chi connectivity index (χ3n) is 11.7. The van der Waals surface area contributed by atoms with Crippen LogP contribution in [-0.2, 0) is 28.6 Å². The van der Waals surface area contributed by atoms with E-state index in [1.54, 1.807) is 0 Å². The standard InChI is InChI=1S/C59H102O6/c1-4-7-10-13-16-19-22-25-28-29-32-34-37-40-43-46-49-52-58(61)64-55-56(65-59(62)53-50-47-44-41-38-35-31-27-24-21-18-15-12-9-6-3)54-63-57(60)51-48-45-42-39-36-33-30-26-23-20-17-14-11-8-5-2/h9,12,18,21,25-28,30-31,38,41,56H,4-8,10-11,13-17,19-20,22-24,29,32-37,39-40,42-55H2,1-3H3/b12-9-,21-18-,28-25-,30-26-,31-27-,41-38-. The average molecular weight is 907 g/mol. The topological polar surface area (TPSA) is 78.9 Å². The number of carbonyl (C=O) groups is 3. The molecule has 6 heteroatoms. The van der Waals surface area contributed by atoms with Crippen molar-refractivity contribution in [3.05, 3.63) is 72.9 Å². The number of unbranched alkanes of at least 4 members (excludes halogenated alkanes) is 26. The lowest BCUT2D eigenvalue weighted by Gasteiger charge is -2.18. The van der Waals surface area contributed by atoms with Crippen LogP contribution in [0.3, 0.4) is 0 Å². The lowest BCUT2D eigenvalue weighted by atomic mass is 10.1. The minimum atomic E-state index is -0.802. The van der Waals surface area contributed by atoms with Crippen molar-refractivity contribution in [2.75, 3.05) is 13.2 Å². The van der Waals surface area contributed by atoms with Gasteiger partial charge in [-0.05, 0) is 109 Å². The second-order valence-electron chi connectivity index (χ2n) is 18.1. The van der Waals surface area contributed by atoms with Gasteiger partial charge in [0.25, 0.3) is 0 Å². The highest BCUT2D eigenvalue weighted by atomic mass is 16.6. The fourth-order valence-electron chi connectivity index (χ4n) is 7.54. The number of ether oxygens (including phenoxy) is 3. The molecule has 0 N–H and O–H groups in total. The predicted octanol–water partition coefficient (Wildman–Crippen LogP) is 18.2. The molecule has 0 radical (unpaired) electrons. The molecule has 0 rings (SSSR count). The predicted molar refractivity (Wildman–Crippen MR) is 279 cm³/mol. The summed E-state index contributed by atoms with van der Waals surface area (Å²) in [6.07, 6.45) is 67.5. The zero-order valence-electron chi connectivity index (χ0n) is 42.7. The highest BCUT2D eigenvalue weighted by molar-refractivity contribution is 5.71. The molecular weight excluding hydrogens is 805 g/mol. The van der Waals surface area contributed by atoms with E-state index in [0.29, 0.717) is 19.3 Å². The summed E-state index contributed by atoms with van der Waals surface area (Å²) in [6, 6.07) is 0. The van der Waals surface area contributed by atoms with Crippen LogP contribution < -0.4 is 0 Å². The normalized spacial score (nSPS) is 12.6. The van der Waals surface area contributed by atoms with E-state index in [4.69, 9.17) is 14.2 Å². The Morgan fingerprint density at radius 1 is 0.323 bits per heavy atom. The number of esters is 3. The molecule has 6 nitrogen and oxygen atoms in total. The second-order valence-corrected chi connectivity index (χ2v) is 18.1. The number of carbonyl (C=O) groups excluding carboxylic acids is 3. The summed E-state index contributed by atoms with van der Waals surface area (Å²) in [7, 11) is 0. The smallest absolute Gasteiger partial charge is 0.306 e. The van der Waals surface area contributed by atoms with Gasteiger partial charge in [0.15, 0.2) is 6.10 Å². The van der Waals surface area contributed by atoms with Gasteiger partial charge in [0.2, 0.25) is 0 Å². The zero-order chi connectivity index (χ0) is 47.2. The van der Waals surface area contributed by atoms with Crippen LogP contribution in [0.1, 0.15) is 265 Å². The first-order valence-electron chi connectivity index (χ1n) is 27.4. The van der Waals surface area contributed by atoms with Crippen LogP contribution >= 0.6 is 0 Å². The van der Waals surface area contributed by atoms with E-state index in [2.05, 4.69) is 93.7 Å². The average Bonchev–Trinajstić information content (AvgIpc) is 3.30. The van der Waals surface area contributed by atoms with Gasteiger partial charge in [-0.25, -0.2) is 0 Å². The SMILES string of the molecule is CC/C=C\C/C=C\C/C=C\C/C=C\CCCCC(=O)OC(COC(=O)CCCCCCC/C=C\CCCCCCCC)COC(=O)CCCCCCCCC/C=C\CCCCCCCC. The number of hydrogen-bond acceptors (Lipinski definition) is 6. The van der Waals surface area contributed by atoms with Gasteiger partial charge in [-0.15, -0.1) is 0 Å². The Hall–Kier alpha value is -3.15. The van der Waals surface area contributed by atoms with Crippen molar-refractivity contribution < 1.29 is 28.6 Å². The van der Waals surface area contributed by atoms with Crippen LogP contribution in [0.15, 0.2) is 72.9 Å². The largest absolute Gasteiger partial charge is 0.462 e. The van der Waals surface area contributed by atoms with Crippen molar-refractivity contribution in [3.8, 4) is 0 Å². The quantitative estimate of drug-likeness (QED) is 0.0262. The molecule has 0 aliphatic heterocycles. The van der Waals surface area contributed by atoms with Gasteiger partial charge in [-0.3, -0.25) is 14.4 Å². The van der Waals surface area contributed by atoms with Crippen LogP contribution in [0.4, 0.5) is 0 Å². The number of allylic oxidation sites excluding steroid dienone is 12. The lowest BCUT2D eigenvalue weighted by Crippen LogP contribution is -2.30. The van der Waals surface area contributed by atoms with Gasteiger partial charge < -0.3 is 14.2 Å². The minimum Gasteiger partial charge on any atom is -0.462 e. The van der Waals surface area contributed by atoms with E-state index in [0.717, 1.165) is 83.5 Å². The molecule has 65 heavy (non-hydrogen) atoms. The summed E-state index contributed by atoms with van der Waals surface area (Å²) in [6.45, 7) is 6.48. The molecule has 374 valence electrons. The monoisotopic (exact) mass is 907 g/mol. The molecule has 0 heterocycles. The molecule has 1 unspecified atom stereocenters. The first-order chi connectivity index (χ1) is 32.0. The number of hydrogen-bond donors (Lipinski definition) is 0. The first-order valence-corrected chi connectivity index (χ1v) is 27.4. The van der Waals surface area contributed by atoms with Crippen LogP contribution in [0.2, 0.25) is 0 Å². The van der Waals surface area contributed by atoms with E-state index < -0.39 is 6.10 Å². The van der Waals surface area contributed by atoms with Crippen molar-refractivity contribution in [1.82, 2.24) is 0 Å². The maximum atomic E-state index is 12.8. The van der Waals surface area contributed by atoms with Crippen molar-refractivity contribution in [3.63, 3.8) is 0 Å². The van der Waals surface area contributed by atoms with Crippen molar-refractivity contribution in [2.45, 2.75) is 271 Å². The Balaban J connectivity index is 4.45. The van der Waals surface area contributed by atoms with Gasteiger partial charge in [0, 0.05) is 19.3 Å². The Kier molecular flexibility index (Phi) is 50.9. The highest BCUT2D eigenvalue weighted by Gasteiger charge is 2.19. The zero-order valence-corrected chi connectivity index (χ0v) is 42.7. The molecule has 0 saturated carbocycles. The molecule has 0 amide bonds. The Labute approximate surface area is 402 Å². The molecule has 1 atom stereocenters. The number of rotatable bonds is 49. The van der Waals surface area contributed by atoms with Crippen LogP contribution in [-0.4, -0.2) is 37.2 Å². The van der Waals surface area contributed by atoms with E-state index >= 15 is 0 Å². The Bertz CT molecular complexity index is 1230. The van der Waals surface area contributed by atoms with Gasteiger partial charge in [0.1, 0.15) is 13.2 Å². The molecule has 0 aliphatic rings. The molecule has 0 aromatic carbocycles. The van der Waals surface area contributed by atoms with E-state index in [1.165, 1.54) is 135 Å². The molecule has 0 aromatic rings. The van der Waals surface area contributed by atoms with Crippen LogP contribution in [0, 0.1) is 0 Å². The molecule has 0 bridgehead atoms. The first kappa shape index (κ1) is 61.9. The van der Waals surface area contributed by atoms with E-state index in [1.807, 2.05) is 0 Å². The van der Waals surface area contributed by atoms with E-state index in [-0.39, 0.29) is 37.5 Å². The van der Waals surface area contributed by atoms with Crippen molar-refractivity contribution >= 4 is 17.9 Å². The summed E-state index contributed by atoms with van der Waals surface area (Å²) >= 11 is 0. The van der Waals surface area contributed by atoms with E-state index in [9.17, 15) is 14.4 Å². The summed E-state index contributed by atoms with van der Waals surface area (Å²) in [5.41, 5.74) is 0. The third kappa shape index (κ3) is 51.7. The molecule has 0 spiro atoms.